The summed E-state index contributed by atoms with van der Waals surface area (Å²) in [5.74, 6) is 1.61. The topological polar surface area (TPSA) is 20.2 Å². The monoisotopic (exact) mass is 150 g/mol. The smallest absolute Gasteiger partial charge is 0.107 e. The predicted molar refractivity (Wildman–Crippen MR) is 37.4 cm³/mol. The van der Waals surface area contributed by atoms with Crippen molar-refractivity contribution in [3.63, 3.8) is 0 Å². The van der Waals surface area contributed by atoms with E-state index in [2.05, 4.69) is 0 Å². The van der Waals surface area contributed by atoms with E-state index >= 15 is 0 Å². The molecule has 2 unspecified atom stereocenters. The molecule has 1 rings (SSSR count). The maximum absolute atomic E-state index is 12.7. The zero-order chi connectivity index (χ0) is 6.69. The number of aliphatic hydroxyl groups excluding tert-OH is 1. The molecular formula is C6H11FOS. The minimum Gasteiger partial charge on any atom is -0.396 e. The van der Waals surface area contributed by atoms with Crippen molar-refractivity contribution < 1.29 is 9.50 Å². The lowest BCUT2D eigenvalue weighted by Crippen LogP contribution is -2.26. The fourth-order valence-electron chi connectivity index (χ4n) is 0.938. The van der Waals surface area contributed by atoms with Gasteiger partial charge < -0.3 is 5.11 Å². The lowest BCUT2D eigenvalue weighted by molar-refractivity contribution is 0.148. The Morgan fingerprint density at radius 3 is 2.89 bits per heavy atom. The van der Waals surface area contributed by atoms with Gasteiger partial charge in [0.15, 0.2) is 0 Å². The van der Waals surface area contributed by atoms with Crippen molar-refractivity contribution in [2.45, 2.75) is 12.6 Å². The van der Waals surface area contributed by atoms with Crippen LogP contribution in [0.2, 0.25) is 0 Å². The van der Waals surface area contributed by atoms with Crippen LogP contribution in [0.1, 0.15) is 6.42 Å². The second-order valence-corrected chi connectivity index (χ2v) is 3.47. The van der Waals surface area contributed by atoms with Gasteiger partial charge in [0.2, 0.25) is 0 Å². The van der Waals surface area contributed by atoms with Crippen molar-refractivity contribution >= 4 is 11.8 Å². The molecule has 0 aromatic heterocycles. The third kappa shape index (κ3) is 1.83. The van der Waals surface area contributed by atoms with Gasteiger partial charge in [0.25, 0.3) is 0 Å². The van der Waals surface area contributed by atoms with Gasteiger partial charge in [0, 0.05) is 18.3 Å². The third-order valence-corrected chi connectivity index (χ3v) is 2.80. The largest absolute Gasteiger partial charge is 0.396 e. The first-order chi connectivity index (χ1) is 4.34. The van der Waals surface area contributed by atoms with Crippen molar-refractivity contribution in [1.82, 2.24) is 0 Å². The average Bonchev–Trinajstić information content (AvgIpc) is 1.89. The zero-order valence-electron chi connectivity index (χ0n) is 5.22. The van der Waals surface area contributed by atoms with Crippen LogP contribution in [0.15, 0.2) is 0 Å². The fourth-order valence-corrected chi connectivity index (χ4v) is 2.11. The molecule has 0 aliphatic carbocycles. The summed E-state index contributed by atoms with van der Waals surface area (Å²) in [5.41, 5.74) is 0. The second-order valence-electron chi connectivity index (χ2n) is 2.32. The molecule has 0 saturated carbocycles. The first kappa shape index (κ1) is 7.35. The molecular weight excluding hydrogens is 139 g/mol. The Bertz CT molecular complexity index is 89.1. The van der Waals surface area contributed by atoms with Gasteiger partial charge in [-0.2, -0.15) is 11.8 Å². The lowest BCUT2D eigenvalue weighted by Gasteiger charge is -2.22. The van der Waals surface area contributed by atoms with Crippen LogP contribution in [0.5, 0.6) is 0 Å². The van der Waals surface area contributed by atoms with E-state index in [9.17, 15) is 4.39 Å². The van der Waals surface area contributed by atoms with E-state index in [-0.39, 0.29) is 12.5 Å². The van der Waals surface area contributed by atoms with Crippen molar-refractivity contribution in [2.24, 2.45) is 5.92 Å². The van der Waals surface area contributed by atoms with Crippen LogP contribution >= 0.6 is 11.8 Å². The van der Waals surface area contributed by atoms with Crippen molar-refractivity contribution in [3.05, 3.63) is 0 Å². The number of hydrogen-bond acceptors (Lipinski definition) is 2. The minimum atomic E-state index is -0.753. The normalized spacial score (nSPS) is 36.7. The molecule has 2 atom stereocenters. The SMILES string of the molecule is OCC1CSCCC1F. The fraction of sp³-hybridized carbons (Fsp3) is 1.00. The van der Waals surface area contributed by atoms with Gasteiger partial charge in [-0.15, -0.1) is 0 Å². The molecule has 1 N–H and O–H groups in total. The Labute approximate surface area is 58.6 Å². The number of hydrogen-bond donors (Lipinski definition) is 1. The van der Waals surface area contributed by atoms with Crippen LogP contribution in [0.3, 0.4) is 0 Å². The molecule has 3 heteroatoms. The molecule has 1 aliphatic heterocycles. The van der Waals surface area contributed by atoms with Gasteiger partial charge in [0.1, 0.15) is 6.17 Å². The van der Waals surface area contributed by atoms with Crippen LogP contribution < -0.4 is 0 Å². The number of thioether (sulfide) groups is 1. The van der Waals surface area contributed by atoms with Crippen LogP contribution in [-0.2, 0) is 0 Å². The van der Waals surface area contributed by atoms with E-state index < -0.39 is 6.17 Å². The summed E-state index contributed by atoms with van der Waals surface area (Å²) >= 11 is 1.73. The molecule has 1 aliphatic rings. The quantitative estimate of drug-likeness (QED) is 0.603. The van der Waals surface area contributed by atoms with Crippen molar-refractivity contribution in [3.8, 4) is 0 Å². The Morgan fingerprint density at radius 2 is 2.44 bits per heavy atom. The highest BCUT2D eigenvalue weighted by molar-refractivity contribution is 7.99. The summed E-state index contributed by atoms with van der Waals surface area (Å²) in [7, 11) is 0. The van der Waals surface area contributed by atoms with Crippen LogP contribution in [0, 0.1) is 5.92 Å². The van der Waals surface area contributed by atoms with E-state index in [1.54, 1.807) is 11.8 Å². The summed E-state index contributed by atoms with van der Waals surface area (Å²) in [6.45, 7) is 0.00810. The van der Waals surface area contributed by atoms with Crippen molar-refractivity contribution in [1.29, 1.82) is 0 Å². The number of halogens is 1. The molecule has 0 amide bonds. The molecule has 0 aromatic rings. The van der Waals surface area contributed by atoms with E-state index in [0.29, 0.717) is 6.42 Å². The highest BCUT2D eigenvalue weighted by Crippen LogP contribution is 2.24. The molecule has 0 radical (unpaired) electrons. The Balaban J connectivity index is 2.30. The summed E-state index contributed by atoms with van der Waals surface area (Å²) in [6.07, 6.45) is -0.133. The van der Waals surface area contributed by atoms with E-state index in [4.69, 9.17) is 5.11 Å². The maximum atomic E-state index is 12.7. The number of alkyl halides is 1. The van der Waals surface area contributed by atoms with Gasteiger partial charge in [-0.3, -0.25) is 0 Å². The predicted octanol–water partition coefficient (Wildman–Crippen LogP) is 1.07. The molecule has 0 bridgehead atoms. The number of aliphatic hydroxyl groups is 1. The van der Waals surface area contributed by atoms with Gasteiger partial charge in [0.05, 0.1) is 0 Å². The molecule has 0 aromatic carbocycles. The van der Waals surface area contributed by atoms with Gasteiger partial charge in [-0.05, 0) is 12.2 Å². The molecule has 1 saturated heterocycles. The first-order valence-corrected chi connectivity index (χ1v) is 4.32. The molecule has 1 heterocycles. The van der Waals surface area contributed by atoms with Gasteiger partial charge in [-0.25, -0.2) is 4.39 Å². The van der Waals surface area contributed by atoms with Crippen LogP contribution in [-0.4, -0.2) is 29.4 Å². The molecule has 0 spiro atoms. The Hall–Kier alpha value is 0.240. The maximum Gasteiger partial charge on any atom is 0.107 e. The summed E-state index contributed by atoms with van der Waals surface area (Å²) in [4.78, 5) is 0. The standard InChI is InChI=1S/C6H11FOS/c7-6-1-2-9-4-5(6)3-8/h5-6,8H,1-4H2. The van der Waals surface area contributed by atoms with E-state index in [0.717, 1.165) is 11.5 Å². The van der Waals surface area contributed by atoms with Crippen LogP contribution in [0.25, 0.3) is 0 Å². The highest BCUT2D eigenvalue weighted by atomic mass is 32.2. The summed E-state index contributed by atoms with van der Waals surface area (Å²) < 4.78 is 12.7. The van der Waals surface area contributed by atoms with E-state index in [1.807, 2.05) is 0 Å². The van der Waals surface area contributed by atoms with Gasteiger partial charge >= 0.3 is 0 Å². The second kappa shape index (κ2) is 3.42. The van der Waals surface area contributed by atoms with E-state index in [1.165, 1.54) is 0 Å². The van der Waals surface area contributed by atoms with Gasteiger partial charge in [-0.1, -0.05) is 0 Å². The molecule has 1 fully saturated rings. The third-order valence-electron chi connectivity index (χ3n) is 1.62. The summed E-state index contributed by atoms with van der Waals surface area (Å²) in [6, 6.07) is 0. The summed E-state index contributed by atoms with van der Waals surface area (Å²) in [5, 5.41) is 8.61. The minimum absolute atomic E-state index is 0.00810. The Morgan fingerprint density at radius 1 is 1.67 bits per heavy atom. The van der Waals surface area contributed by atoms with Crippen LogP contribution in [0.4, 0.5) is 4.39 Å². The highest BCUT2D eigenvalue weighted by Gasteiger charge is 2.23. The molecule has 1 nitrogen and oxygen atoms in total. The Kier molecular flexibility index (Phi) is 2.79. The zero-order valence-corrected chi connectivity index (χ0v) is 6.03. The van der Waals surface area contributed by atoms with Crippen molar-refractivity contribution in [2.75, 3.05) is 18.1 Å². The first-order valence-electron chi connectivity index (χ1n) is 3.17. The molecule has 9 heavy (non-hydrogen) atoms. The lowest BCUT2D eigenvalue weighted by atomic mass is 10.1. The molecule has 54 valence electrons. The average molecular weight is 150 g/mol. The number of rotatable bonds is 1.